The SMILES string of the molecule is CCN(CC)C(=O)c1ccc(NC(=O)CC2(CC(=O)O)CCCCC2)cc1. The van der Waals surface area contributed by atoms with E-state index >= 15 is 0 Å². The summed E-state index contributed by atoms with van der Waals surface area (Å²) in [5.74, 6) is -1.04. The standard InChI is InChI=1S/C21H30N2O4/c1-3-23(4-2)20(27)16-8-10-17(11-9-16)22-18(24)14-21(15-19(25)26)12-6-5-7-13-21/h8-11H,3-7,12-15H2,1-2H3,(H,22,24)(H,25,26). The number of aliphatic carboxylic acids is 1. The van der Waals surface area contributed by atoms with Gasteiger partial charge in [0.15, 0.2) is 0 Å². The van der Waals surface area contributed by atoms with Crippen LogP contribution in [-0.4, -0.2) is 40.9 Å². The summed E-state index contributed by atoms with van der Waals surface area (Å²) in [4.78, 5) is 37.8. The van der Waals surface area contributed by atoms with Crippen LogP contribution in [-0.2, 0) is 9.59 Å². The van der Waals surface area contributed by atoms with E-state index in [4.69, 9.17) is 0 Å². The van der Waals surface area contributed by atoms with Crippen molar-refractivity contribution in [3.05, 3.63) is 29.8 Å². The fourth-order valence-electron chi connectivity index (χ4n) is 3.97. The van der Waals surface area contributed by atoms with E-state index < -0.39 is 11.4 Å². The summed E-state index contributed by atoms with van der Waals surface area (Å²) in [6.45, 7) is 5.18. The maximum absolute atomic E-state index is 12.5. The smallest absolute Gasteiger partial charge is 0.303 e. The molecule has 0 aromatic heterocycles. The van der Waals surface area contributed by atoms with Crippen LogP contribution < -0.4 is 5.32 Å². The lowest BCUT2D eigenvalue weighted by Gasteiger charge is -2.35. The maximum atomic E-state index is 12.5. The number of carboxylic acid groups (broad SMARTS) is 1. The van der Waals surface area contributed by atoms with Gasteiger partial charge in [0, 0.05) is 30.8 Å². The van der Waals surface area contributed by atoms with Crippen molar-refractivity contribution < 1.29 is 19.5 Å². The average molecular weight is 374 g/mol. The molecular weight excluding hydrogens is 344 g/mol. The summed E-state index contributed by atoms with van der Waals surface area (Å²) in [5.41, 5.74) is 0.774. The lowest BCUT2D eigenvalue weighted by molar-refractivity contribution is -0.140. The number of rotatable bonds is 8. The zero-order valence-corrected chi connectivity index (χ0v) is 16.3. The molecule has 1 fully saturated rings. The van der Waals surface area contributed by atoms with Crippen LogP contribution in [0.2, 0.25) is 0 Å². The fraction of sp³-hybridized carbons (Fsp3) is 0.571. The first-order chi connectivity index (χ1) is 12.9. The molecule has 0 atom stereocenters. The number of nitrogens with zero attached hydrogens (tertiary/aromatic N) is 1. The van der Waals surface area contributed by atoms with E-state index in [0.29, 0.717) is 24.3 Å². The first kappa shape index (κ1) is 20.9. The molecule has 1 aliphatic carbocycles. The molecular formula is C21H30N2O4. The van der Waals surface area contributed by atoms with Crippen molar-refractivity contribution in [3.8, 4) is 0 Å². The van der Waals surface area contributed by atoms with Crippen LogP contribution in [0.1, 0.15) is 69.2 Å². The zero-order chi connectivity index (χ0) is 19.9. The number of carboxylic acids is 1. The number of carbonyl (C=O) groups excluding carboxylic acids is 2. The van der Waals surface area contributed by atoms with E-state index in [1.807, 2.05) is 13.8 Å². The molecule has 2 rings (SSSR count). The largest absolute Gasteiger partial charge is 0.481 e. The highest BCUT2D eigenvalue weighted by molar-refractivity contribution is 5.96. The number of hydrogen-bond acceptors (Lipinski definition) is 3. The van der Waals surface area contributed by atoms with Crippen LogP contribution in [0.4, 0.5) is 5.69 Å². The Hall–Kier alpha value is -2.37. The first-order valence-electron chi connectivity index (χ1n) is 9.80. The molecule has 1 aromatic rings. The molecule has 6 nitrogen and oxygen atoms in total. The molecule has 2 N–H and O–H groups in total. The van der Waals surface area contributed by atoms with E-state index in [1.54, 1.807) is 29.2 Å². The second-order valence-electron chi connectivity index (χ2n) is 7.41. The third-order valence-electron chi connectivity index (χ3n) is 5.44. The summed E-state index contributed by atoms with van der Waals surface area (Å²) >= 11 is 0. The third kappa shape index (κ3) is 5.81. The van der Waals surface area contributed by atoms with Crippen molar-refractivity contribution in [3.63, 3.8) is 0 Å². The van der Waals surface area contributed by atoms with Gasteiger partial charge in [-0.05, 0) is 56.4 Å². The Labute approximate surface area is 160 Å². The summed E-state index contributed by atoms with van der Waals surface area (Å²) < 4.78 is 0. The monoisotopic (exact) mass is 374 g/mol. The molecule has 0 unspecified atom stereocenters. The Morgan fingerprint density at radius 2 is 1.59 bits per heavy atom. The van der Waals surface area contributed by atoms with Gasteiger partial charge in [0.05, 0.1) is 6.42 Å². The van der Waals surface area contributed by atoms with Crippen molar-refractivity contribution in [2.24, 2.45) is 5.41 Å². The summed E-state index contributed by atoms with van der Waals surface area (Å²) in [7, 11) is 0. The minimum atomic E-state index is -0.844. The quantitative estimate of drug-likeness (QED) is 0.722. The van der Waals surface area contributed by atoms with Gasteiger partial charge in [-0.3, -0.25) is 14.4 Å². The highest BCUT2D eigenvalue weighted by Crippen LogP contribution is 2.42. The molecule has 0 saturated heterocycles. The Kier molecular flexibility index (Phi) is 7.39. The average Bonchev–Trinajstić information content (AvgIpc) is 2.63. The molecule has 1 aromatic carbocycles. The van der Waals surface area contributed by atoms with Gasteiger partial charge in [0.2, 0.25) is 5.91 Å². The van der Waals surface area contributed by atoms with E-state index in [9.17, 15) is 19.5 Å². The van der Waals surface area contributed by atoms with Gasteiger partial charge in [-0.25, -0.2) is 0 Å². The molecule has 2 amide bonds. The number of nitrogens with one attached hydrogen (secondary N) is 1. The normalized spacial score (nSPS) is 15.8. The van der Waals surface area contributed by atoms with Gasteiger partial charge < -0.3 is 15.3 Å². The van der Waals surface area contributed by atoms with Crippen molar-refractivity contribution in [1.82, 2.24) is 4.90 Å². The van der Waals surface area contributed by atoms with Gasteiger partial charge >= 0.3 is 5.97 Å². The summed E-state index contributed by atoms with van der Waals surface area (Å²) in [6, 6.07) is 6.87. The van der Waals surface area contributed by atoms with Gasteiger partial charge in [-0.1, -0.05) is 19.3 Å². The topological polar surface area (TPSA) is 86.7 Å². The zero-order valence-electron chi connectivity index (χ0n) is 16.3. The Balaban J connectivity index is 2.00. The molecule has 1 aliphatic rings. The number of amides is 2. The van der Waals surface area contributed by atoms with Gasteiger partial charge in [0.25, 0.3) is 5.91 Å². The summed E-state index contributed by atoms with van der Waals surface area (Å²) in [5, 5.41) is 12.1. The highest BCUT2D eigenvalue weighted by atomic mass is 16.4. The van der Waals surface area contributed by atoms with Crippen LogP contribution in [0.15, 0.2) is 24.3 Å². The van der Waals surface area contributed by atoms with E-state index in [1.165, 1.54) is 0 Å². The van der Waals surface area contributed by atoms with Gasteiger partial charge in [-0.15, -0.1) is 0 Å². The predicted molar refractivity (Wildman–Crippen MR) is 105 cm³/mol. The van der Waals surface area contributed by atoms with Crippen LogP contribution in [0.5, 0.6) is 0 Å². The lowest BCUT2D eigenvalue weighted by Crippen LogP contribution is -2.32. The molecule has 6 heteroatoms. The molecule has 0 spiro atoms. The van der Waals surface area contributed by atoms with Crippen molar-refractivity contribution in [1.29, 1.82) is 0 Å². The minimum absolute atomic E-state index is 0.0273. The molecule has 0 radical (unpaired) electrons. The number of anilines is 1. The number of hydrogen-bond donors (Lipinski definition) is 2. The molecule has 27 heavy (non-hydrogen) atoms. The van der Waals surface area contributed by atoms with E-state index in [2.05, 4.69) is 5.32 Å². The number of carbonyl (C=O) groups is 3. The fourth-order valence-corrected chi connectivity index (χ4v) is 3.97. The lowest BCUT2D eigenvalue weighted by atomic mass is 9.69. The minimum Gasteiger partial charge on any atom is -0.481 e. The maximum Gasteiger partial charge on any atom is 0.303 e. The van der Waals surface area contributed by atoms with Crippen LogP contribution >= 0.6 is 0 Å². The van der Waals surface area contributed by atoms with Gasteiger partial charge in [-0.2, -0.15) is 0 Å². The van der Waals surface area contributed by atoms with Gasteiger partial charge in [0.1, 0.15) is 0 Å². The molecule has 0 heterocycles. The van der Waals surface area contributed by atoms with Crippen LogP contribution in [0.25, 0.3) is 0 Å². The van der Waals surface area contributed by atoms with Crippen molar-refractivity contribution in [2.45, 2.75) is 58.8 Å². The van der Waals surface area contributed by atoms with Crippen molar-refractivity contribution >= 4 is 23.5 Å². The van der Waals surface area contributed by atoms with E-state index in [0.717, 1.165) is 32.1 Å². The molecule has 0 aliphatic heterocycles. The Morgan fingerprint density at radius 3 is 2.11 bits per heavy atom. The first-order valence-corrected chi connectivity index (χ1v) is 9.80. The molecule has 1 saturated carbocycles. The van der Waals surface area contributed by atoms with Crippen molar-refractivity contribution in [2.75, 3.05) is 18.4 Å². The Bertz CT molecular complexity index is 659. The van der Waals surface area contributed by atoms with Crippen LogP contribution in [0.3, 0.4) is 0 Å². The van der Waals surface area contributed by atoms with Crippen LogP contribution in [0, 0.1) is 5.41 Å². The highest BCUT2D eigenvalue weighted by Gasteiger charge is 2.36. The second-order valence-corrected chi connectivity index (χ2v) is 7.41. The predicted octanol–water partition coefficient (Wildman–Crippen LogP) is 3.92. The Morgan fingerprint density at radius 1 is 1.00 bits per heavy atom. The van der Waals surface area contributed by atoms with E-state index in [-0.39, 0.29) is 24.7 Å². The third-order valence-corrected chi connectivity index (χ3v) is 5.44. The second kappa shape index (κ2) is 9.53. The molecule has 0 bridgehead atoms. The summed E-state index contributed by atoms with van der Waals surface area (Å²) in [6.07, 6.45) is 4.88. The molecule has 148 valence electrons. The number of benzene rings is 1.